The zero-order valence-electron chi connectivity index (χ0n) is 13.3. The van der Waals surface area contributed by atoms with Gasteiger partial charge in [-0.3, -0.25) is 9.78 Å². The summed E-state index contributed by atoms with van der Waals surface area (Å²) in [5.74, 6) is -0.111. The van der Waals surface area contributed by atoms with Crippen LogP contribution >= 0.6 is 0 Å². The summed E-state index contributed by atoms with van der Waals surface area (Å²) in [4.78, 5) is 17.3. The fourth-order valence-corrected chi connectivity index (χ4v) is 2.98. The van der Waals surface area contributed by atoms with Crippen LogP contribution in [0, 0.1) is 6.92 Å². The number of benzene rings is 3. The summed E-state index contributed by atoms with van der Waals surface area (Å²) in [6.07, 6.45) is 0. The molecule has 0 aliphatic rings. The number of aryl methyl sites for hydroxylation is 1. The molecule has 24 heavy (non-hydrogen) atoms. The average molecular weight is 312 g/mol. The number of rotatable bonds is 2. The highest BCUT2D eigenvalue weighted by Gasteiger charge is 2.11. The molecule has 3 aromatic carbocycles. The van der Waals surface area contributed by atoms with E-state index in [2.05, 4.69) is 10.3 Å². The van der Waals surface area contributed by atoms with Crippen LogP contribution in [0.2, 0.25) is 0 Å². The van der Waals surface area contributed by atoms with Crippen molar-refractivity contribution >= 4 is 33.3 Å². The van der Waals surface area contributed by atoms with Gasteiger partial charge in [-0.15, -0.1) is 0 Å². The molecule has 4 rings (SSSR count). The number of aromatic nitrogens is 1. The van der Waals surface area contributed by atoms with Gasteiger partial charge in [0.1, 0.15) is 0 Å². The minimum absolute atomic E-state index is 0.111. The molecule has 1 amide bonds. The largest absolute Gasteiger partial charge is 0.321 e. The lowest BCUT2D eigenvalue weighted by molar-refractivity contribution is 0.102. The molecule has 0 aliphatic carbocycles. The molecule has 116 valence electrons. The van der Waals surface area contributed by atoms with Crippen LogP contribution in [-0.4, -0.2) is 10.9 Å². The van der Waals surface area contributed by atoms with E-state index in [9.17, 15) is 4.79 Å². The van der Waals surface area contributed by atoms with Crippen molar-refractivity contribution in [3.63, 3.8) is 0 Å². The minimum Gasteiger partial charge on any atom is -0.321 e. The van der Waals surface area contributed by atoms with Crippen molar-refractivity contribution < 1.29 is 4.79 Å². The van der Waals surface area contributed by atoms with E-state index in [1.54, 1.807) is 0 Å². The monoisotopic (exact) mass is 312 g/mol. The molecule has 0 saturated heterocycles. The number of pyridine rings is 1. The second kappa shape index (κ2) is 5.78. The van der Waals surface area contributed by atoms with E-state index in [4.69, 9.17) is 0 Å². The Bertz CT molecular complexity index is 1060. The van der Waals surface area contributed by atoms with Gasteiger partial charge >= 0.3 is 0 Å². The van der Waals surface area contributed by atoms with Crippen LogP contribution in [0.15, 0.2) is 72.8 Å². The summed E-state index contributed by atoms with van der Waals surface area (Å²) in [7, 11) is 0. The molecule has 1 heterocycles. The molecule has 0 unspecified atom stereocenters. The Labute approximate surface area is 140 Å². The Kier molecular flexibility index (Phi) is 3.47. The lowest BCUT2D eigenvalue weighted by Crippen LogP contribution is -2.12. The minimum atomic E-state index is -0.111. The van der Waals surface area contributed by atoms with Crippen LogP contribution in [-0.2, 0) is 0 Å². The summed E-state index contributed by atoms with van der Waals surface area (Å²) in [5, 5.41) is 5.98. The van der Waals surface area contributed by atoms with Gasteiger partial charge in [0, 0.05) is 16.6 Å². The molecule has 0 radical (unpaired) electrons. The van der Waals surface area contributed by atoms with Crippen molar-refractivity contribution in [2.45, 2.75) is 6.92 Å². The first kappa shape index (κ1) is 14.4. The second-order valence-electron chi connectivity index (χ2n) is 5.81. The number of anilines is 1. The van der Waals surface area contributed by atoms with E-state index in [1.807, 2.05) is 79.7 Å². The zero-order valence-corrected chi connectivity index (χ0v) is 13.3. The Morgan fingerprint density at radius 1 is 0.833 bits per heavy atom. The number of amides is 1. The zero-order chi connectivity index (χ0) is 16.5. The standard InChI is InChI=1S/C21H16N2O/c1-14-12-13-18-19(22-14)10-5-11-20(18)23-21(24)17-9-4-7-15-6-2-3-8-16(15)17/h2-13H,1H3,(H,23,24). The fourth-order valence-electron chi connectivity index (χ4n) is 2.98. The van der Waals surface area contributed by atoms with Gasteiger partial charge in [0.2, 0.25) is 0 Å². The summed E-state index contributed by atoms with van der Waals surface area (Å²) in [6.45, 7) is 1.96. The topological polar surface area (TPSA) is 42.0 Å². The molecule has 4 aromatic rings. The quantitative estimate of drug-likeness (QED) is 0.569. The predicted octanol–water partition coefficient (Wildman–Crippen LogP) is 4.95. The van der Waals surface area contributed by atoms with Crippen molar-refractivity contribution in [3.05, 3.63) is 84.1 Å². The van der Waals surface area contributed by atoms with Gasteiger partial charge < -0.3 is 5.32 Å². The van der Waals surface area contributed by atoms with E-state index in [0.29, 0.717) is 5.56 Å². The van der Waals surface area contributed by atoms with E-state index < -0.39 is 0 Å². The molecule has 0 spiro atoms. The number of nitrogens with one attached hydrogen (secondary N) is 1. The van der Waals surface area contributed by atoms with Crippen molar-refractivity contribution in [1.29, 1.82) is 0 Å². The highest BCUT2D eigenvalue weighted by Crippen LogP contribution is 2.24. The normalized spacial score (nSPS) is 10.9. The molecular weight excluding hydrogens is 296 g/mol. The third-order valence-electron chi connectivity index (χ3n) is 4.15. The average Bonchev–Trinajstić information content (AvgIpc) is 2.61. The van der Waals surface area contributed by atoms with E-state index in [0.717, 1.165) is 33.1 Å². The Balaban J connectivity index is 1.77. The van der Waals surface area contributed by atoms with E-state index >= 15 is 0 Å². The smallest absolute Gasteiger partial charge is 0.256 e. The molecule has 3 nitrogen and oxygen atoms in total. The highest BCUT2D eigenvalue weighted by atomic mass is 16.1. The molecule has 0 bridgehead atoms. The van der Waals surface area contributed by atoms with Crippen molar-refractivity contribution in [3.8, 4) is 0 Å². The van der Waals surface area contributed by atoms with Crippen LogP contribution in [0.5, 0.6) is 0 Å². The van der Waals surface area contributed by atoms with Gasteiger partial charge in [-0.2, -0.15) is 0 Å². The lowest BCUT2D eigenvalue weighted by atomic mass is 10.0. The number of hydrogen-bond acceptors (Lipinski definition) is 2. The molecular formula is C21H16N2O. The van der Waals surface area contributed by atoms with Gasteiger partial charge in [-0.25, -0.2) is 0 Å². The number of hydrogen-bond donors (Lipinski definition) is 1. The number of carbonyl (C=O) groups is 1. The van der Waals surface area contributed by atoms with Gasteiger partial charge in [0.25, 0.3) is 5.91 Å². The Morgan fingerprint density at radius 2 is 1.62 bits per heavy atom. The van der Waals surface area contributed by atoms with Crippen molar-refractivity contribution in [2.24, 2.45) is 0 Å². The predicted molar refractivity (Wildman–Crippen MR) is 98.4 cm³/mol. The van der Waals surface area contributed by atoms with Gasteiger partial charge in [-0.1, -0.05) is 42.5 Å². The third kappa shape index (κ3) is 2.50. The van der Waals surface area contributed by atoms with Crippen LogP contribution in [0.1, 0.15) is 16.1 Å². The van der Waals surface area contributed by atoms with Crippen LogP contribution in [0.4, 0.5) is 5.69 Å². The molecule has 0 aliphatic heterocycles. The summed E-state index contributed by atoms with van der Waals surface area (Å²) in [5.41, 5.74) is 3.29. The summed E-state index contributed by atoms with van der Waals surface area (Å²) >= 11 is 0. The third-order valence-corrected chi connectivity index (χ3v) is 4.15. The van der Waals surface area contributed by atoms with Crippen molar-refractivity contribution in [2.75, 3.05) is 5.32 Å². The second-order valence-corrected chi connectivity index (χ2v) is 5.81. The van der Waals surface area contributed by atoms with Crippen LogP contribution in [0.25, 0.3) is 21.7 Å². The van der Waals surface area contributed by atoms with Crippen molar-refractivity contribution in [1.82, 2.24) is 4.98 Å². The van der Waals surface area contributed by atoms with Gasteiger partial charge in [0.15, 0.2) is 0 Å². The first-order valence-corrected chi connectivity index (χ1v) is 7.88. The Morgan fingerprint density at radius 3 is 2.54 bits per heavy atom. The highest BCUT2D eigenvalue weighted by molar-refractivity contribution is 6.15. The molecule has 3 heteroatoms. The molecule has 0 saturated carbocycles. The number of nitrogens with zero attached hydrogens (tertiary/aromatic N) is 1. The first-order valence-electron chi connectivity index (χ1n) is 7.88. The van der Waals surface area contributed by atoms with E-state index in [1.165, 1.54) is 0 Å². The molecule has 1 N–H and O–H groups in total. The summed E-state index contributed by atoms with van der Waals surface area (Å²) in [6, 6.07) is 23.4. The lowest BCUT2D eigenvalue weighted by Gasteiger charge is -2.10. The number of fused-ring (bicyclic) bond motifs is 2. The molecule has 1 aromatic heterocycles. The fraction of sp³-hybridized carbons (Fsp3) is 0.0476. The first-order chi connectivity index (χ1) is 11.7. The van der Waals surface area contributed by atoms with Gasteiger partial charge in [-0.05, 0) is 48.0 Å². The maximum absolute atomic E-state index is 12.8. The Hall–Kier alpha value is -3.20. The van der Waals surface area contributed by atoms with E-state index in [-0.39, 0.29) is 5.91 Å². The van der Waals surface area contributed by atoms with Crippen LogP contribution < -0.4 is 5.32 Å². The maximum atomic E-state index is 12.8. The molecule has 0 atom stereocenters. The number of carbonyl (C=O) groups excluding carboxylic acids is 1. The maximum Gasteiger partial charge on any atom is 0.256 e. The molecule has 0 fully saturated rings. The van der Waals surface area contributed by atoms with Crippen LogP contribution in [0.3, 0.4) is 0 Å². The summed E-state index contributed by atoms with van der Waals surface area (Å²) < 4.78 is 0. The SMILES string of the molecule is Cc1ccc2c(NC(=O)c3cccc4ccccc34)cccc2n1. The van der Waals surface area contributed by atoms with Gasteiger partial charge in [0.05, 0.1) is 11.2 Å².